The Morgan fingerprint density at radius 1 is 0.805 bits per heavy atom. The maximum Gasteiger partial charge on any atom is 0.326 e. The molecule has 2 rings (SSSR count). The maximum atomic E-state index is 13.0. The second-order valence-corrected chi connectivity index (χ2v) is 9.51. The fourth-order valence-electron chi connectivity index (χ4n) is 4.10. The van der Waals surface area contributed by atoms with Crippen molar-refractivity contribution in [2.45, 2.75) is 69.1 Å². The summed E-state index contributed by atoms with van der Waals surface area (Å²) in [7, 11) is 0. The number of aliphatic carboxylic acids is 3. The van der Waals surface area contributed by atoms with Gasteiger partial charge in [0.2, 0.25) is 17.7 Å². The van der Waals surface area contributed by atoms with Crippen molar-refractivity contribution in [3.63, 3.8) is 0 Å². The van der Waals surface area contributed by atoms with Gasteiger partial charge < -0.3 is 47.7 Å². The van der Waals surface area contributed by atoms with Gasteiger partial charge in [0.25, 0.3) is 0 Å². The number of carbonyl (C=O) groups is 6. The van der Waals surface area contributed by atoms with Crippen LogP contribution in [0.2, 0.25) is 0 Å². The fraction of sp³-hybridized carbons (Fsp3) is 0.462. The minimum Gasteiger partial charge on any atom is -0.481 e. The van der Waals surface area contributed by atoms with Gasteiger partial charge in [0.15, 0.2) is 0 Å². The Morgan fingerprint density at radius 3 is 2.07 bits per heavy atom. The normalized spacial score (nSPS) is 13.9. The molecule has 0 radical (unpaired) electrons. The van der Waals surface area contributed by atoms with E-state index in [-0.39, 0.29) is 19.3 Å². The monoisotopic (exact) mass is 576 g/mol. The number of carboxylic acid groups (broad SMARTS) is 3. The van der Waals surface area contributed by atoms with Crippen LogP contribution in [0, 0.1) is 0 Å². The lowest BCUT2D eigenvalue weighted by atomic mass is 10.0. The van der Waals surface area contributed by atoms with Crippen LogP contribution in [-0.2, 0) is 35.2 Å². The zero-order valence-corrected chi connectivity index (χ0v) is 22.3. The second-order valence-electron chi connectivity index (χ2n) is 9.51. The lowest BCUT2D eigenvalue weighted by Gasteiger charge is -2.24. The molecule has 0 aliphatic rings. The summed E-state index contributed by atoms with van der Waals surface area (Å²) in [6.07, 6.45) is 1.07. The molecule has 1 aromatic heterocycles. The van der Waals surface area contributed by atoms with Crippen molar-refractivity contribution in [1.82, 2.24) is 20.9 Å². The molecule has 4 unspecified atom stereocenters. The predicted octanol–water partition coefficient (Wildman–Crippen LogP) is -0.955. The second kappa shape index (κ2) is 15.9. The lowest BCUT2D eigenvalue weighted by Crippen LogP contribution is -2.57. The standard InChI is InChI=1S/C26H36N6O9/c27-10-4-3-6-16(28)23(37)30-18(8-9-21(33)34)24(38)31-19(12-22(35)36)25(39)32-20(26(40)41)11-14-13-29-17-7-2-1-5-15(14)17/h1-2,5,7,13,16,18-20,29H,3-4,6,8-12,27-28H2,(H,30,37)(H,31,38)(H,32,39)(H,33,34)(H,35,36)(H,40,41). The maximum absolute atomic E-state index is 13.0. The Morgan fingerprint density at radius 2 is 1.44 bits per heavy atom. The molecular formula is C26H36N6O9. The van der Waals surface area contributed by atoms with Crippen LogP contribution in [0.5, 0.6) is 0 Å². The van der Waals surface area contributed by atoms with Crippen molar-refractivity contribution in [1.29, 1.82) is 0 Å². The van der Waals surface area contributed by atoms with Crippen molar-refractivity contribution in [2.75, 3.05) is 6.54 Å². The van der Waals surface area contributed by atoms with Crippen LogP contribution in [-0.4, -0.2) is 86.6 Å². The Bertz CT molecular complexity index is 1250. The van der Waals surface area contributed by atoms with E-state index in [1.807, 2.05) is 0 Å². The van der Waals surface area contributed by atoms with E-state index < -0.39 is 72.6 Å². The first kappa shape index (κ1) is 32.7. The summed E-state index contributed by atoms with van der Waals surface area (Å²) in [4.78, 5) is 76.1. The summed E-state index contributed by atoms with van der Waals surface area (Å²) in [6.45, 7) is 0.398. The highest BCUT2D eigenvalue weighted by atomic mass is 16.4. The molecule has 1 aromatic carbocycles. The van der Waals surface area contributed by atoms with Gasteiger partial charge in [0, 0.05) is 29.9 Å². The summed E-state index contributed by atoms with van der Waals surface area (Å²) < 4.78 is 0. The first-order chi connectivity index (χ1) is 19.4. The minimum absolute atomic E-state index is 0.141. The van der Waals surface area contributed by atoms with E-state index in [0.717, 1.165) is 10.9 Å². The molecule has 0 saturated heterocycles. The fourth-order valence-corrected chi connectivity index (χ4v) is 4.10. The quantitative estimate of drug-likeness (QED) is 0.0976. The zero-order valence-electron chi connectivity index (χ0n) is 22.3. The summed E-state index contributed by atoms with van der Waals surface area (Å²) in [6, 6.07) is 1.45. The number of H-pyrrole nitrogens is 1. The van der Waals surface area contributed by atoms with Crippen molar-refractivity contribution in [3.05, 3.63) is 36.0 Å². The number of hydrogen-bond acceptors (Lipinski definition) is 8. The van der Waals surface area contributed by atoms with Gasteiger partial charge in [-0.15, -0.1) is 0 Å². The third-order valence-electron chi connectivity index (χ3n) is 6.31. The van der Waals surface area contributed by atoms with E-state index in [4.69, 9.17) is 16.6 Å². The van der Waals surface area contributed by atoms with Gasteiger partial charge in [-0.25, -0.2) is 4.79 Å². The number of para-hydroxylation sites is 1. The number of aromatic amines is 1. The topological polar surface area (TPSA) is 267 Å². The highest BCUT2D eigenvalue weighted by Gasteiger charge is 2.32. The van der Waals surface area contributed by atoms with Crippen LogP contribution in [0.3, 0.4) is 0 Å². The molecule has 1 heterocycles. The lowest BCUT2D eigenvalue weighted by molar-refractivity contribution is -0.143. The number of benzene rings is 1. The first-order valence-electron chi connectivity index (χ1n) is 13.0. The van der Waals surface area contributed by atoms with Crippen LogP contribution in [0.15, 0.2) is 30.5 Å². The van der Waals surface area contributed by atoms with Gasteiger partial charge in [-0.05, 0) is 37.4 Å². The third-order valence-corrected chi connectivity index (χ3v) is 6.31. The molecule has 41 heavy (non-hydrogen) atoms. The Hall–Kier alpha value is -4.50. The number of carboxylic acids is 3. The minimum atomic E-state index is -1.73. The first-order valence-corrected chi connectivity index (χ1v) is 13.0. The van der Waals surface area contributed by atoms with Crippen molar-refractivity contribution < 1.29 is 44.1 Å². The molecule has 2 aromatic rings. The summed E-state index contributed by atoms with van der Waals surface area (Å²) in [5.74, 6) is -6.98. The summed E-state index contributed by atoms with van der Waals surface area (Å²) in [5, 5.41) is 35.7. The van der Waals surface area contributed by atoms with Gasteiger partial charge in [0.05, 0.1) is 12.5 Å². The number of hydrogen-bond donors (Lipinski definition) is 9. The molecule has 0 spiro atoms. The van der Waals surface area contributed by atoms with Gasteiger partial charge in [0.1, 0.15) is 18.1 Å². The Balaban J connectivity index is 2.17. The van der Waals surface area contributed by atoms with Crippen LogP contribution < -0.4 is 27.4 Å². The highest BCUT2D eigenvalue weighted by Crippen LogP contribution is 2.19. The summed E-state index contributed by atoms with van der Waals surface area (Å²) >= 11 is 0. The average Bonchev–Trinajstić information content (AvgIpc) is 3.32. The number of fused-ring (bicyclic) bond motifs is 1. The molecule has 0 saturated carbocycles. The predicted molar refractivity (Wildman–Crippen MR) is 145 cm³/mol. The number of unbranched alkanes of at least 4 members (excludes halogenated alkanes) is 1. The van der Waals surface area contributed by atoms with E-state index in [0.29, 0.717) is 24.9 Å². The molecule has 15 nitrogen and oxygen atoms in total. The van der Waals surface area contributed by atoms with E-state index >= 15 is 0 Å². The van der Waals surface area contributed by atoms with Gasteiger partial charge >= 0.3 is 17.9 Å². The number of nitrogens with one attached hydrogen (secondary N) is 4. The molecule has 224 valence electrons. The SMILES string of the molecule is NCCCCC(N)C(=O)NC(CCC(=O)O)C(=O)NC(CC(=O)O)C(=O)NC(Cc1c[nH]c2ccccc12)C(=O)O. The van der Waals surface area contributed by atoms with Crippen LogP contribution in [0.25, 0.3) is 10.9 Å². The molecule has 0 aliphatic heterocycles. The van der Waals surface area contributed by atoms with Crippen LogP contribution >= 0.6 is 0 Å². The van der Waals surface area contributed by atoms with Crippen molar-refractivity contribution in [3.8, 4) is 0 Å². The molecule has 0 fully saturated rings. The van der Waals surface area contributed by atoms with E-state index in [9.17, 15) is 39.0 Å². The van der Waals surface area contributed by atoms with Gasteiger partial charge in [-0.2, -0.15) is 0 Å². The average molecular weight is 577 g/mol. The van der Waals surface area contributed by atoms with Crippen LogP contribution in [0.1, 0.15) is 44.1 Å². The number of amides is 3. The van der Waals surface area contributed by atoms with E-state index in [1.165, 1.54) is 0 Å². The molecule has 11 N–H and O–H groups in total. The van der Waals surface area contributed by atoms with E-state index in [1.54, 1.807) is 30.5 Å². The number of carbonyl (C=O) groups excluding carboxylic acids is 3. The molecule has 0 bridgehead atoms. The van der Waals surface area contributed by atoms with Crippen LogP contribution in [0.4, 0.5) is 0 Å². The summed E-state index contributed by atoms with van der Waals surface area (Å²) in [5.41, 5.74) is 12.6. The molecular weight excluding hydrogens is 540 g/mol. The number of aromatic nitrogens is 1. The molecule has 0 aliphatic carbocycles. The molecule has 4 atom stereocenters. The van der Waals surface area contributed by atoms with Gasteiger partial charge in [-0.3, -0.25) is 24.0 Å². The van der Waals surface area contributed by atoms with E-state index in [2.05, 4.69) is 20.9 Å². The Labute approximate surface area is 235 Å². The largest absolute Gasteiger partial charge is 0.481 e. The highest BCUT2D eigenvalue weighted by molar-refractivity contribution is 5.96. The van der Waals surface area contributed by atoms with Crippen molar-refractivity contribution >= 4 is 46.5 Å². The third kappa shape index (κ3) is 10.5. The number of nitrogens with two attached hydrogens (primary N) is 2. The van der Waals surface area contributed by atoms with Gasteiger partial charge in [-0.1, -0.05) is 24.6 Å². The number of rotatable bonds is 18. The zero-order chi connectivity index (χ0) is 30.5. The Kier molecular flexibility index (Phi) is 12.7. The molecule has 3 amide bonds. The molecule has 15 heteroatoms. The van der Waals surface area contributed by atoms with Crippen molar-refractivity contribution in [2.24, 2.45) is 11.5 Å². The smallest absolute Gasteiger partial charge is 0.326 e.